The lowest BCUT2D eigenvalue weighted by Gasteiger charge is -2.15. The minimum Gasteiger partial charge on any atom is -0.337 e. The lowest BCUT2D eigenvalue weighted by molar-refractivity contribution is 0.238. The van der Waals surface area contributed by atoms with E-state index in [1.165, 1.54) is 0 Å². The Labute approximate surface area is 126 Å². The highest BCUT2D eigenvalue weighted by Crippen LogP contribution is 2.10. The van der Waals surface area contributed by atoms with Gasteiger partial charge in [0.15, 0.2) is 0 Å². The van der Waals surface area contributed by atoms with Crippen molar-refractivity contribution in [2.75, 3.05) is 12.3 Å². The average Bonchev–Trinajstić information content (AvgIpc) is 2.37. The van der Waals surface area contributed by atoms with Gasteiger partial charge in [-0.1, -0.05) is 30.3 Å². The highest BCUT2D eigenvalue weighted by atomic mass is 32.2. The average molecular weight is 313 g/mol. The molecule has 1 aromatic rings. The van der Waals surface area contributed by atoms with E-state index in [0.717, 1.165) is 5.56 Å². The third-order valence-corrected chi connectivity index (χ3v) is 4.29. The Bertz CT molecular complexity index is 544. The normalized spacial score (nSPS) is 13.0. The number of urea groups is 1. The van der Waals surface area contributed by atoms with Gasteiger partial charge in [-0.05, 0) is 26.3 Å². The quantitative estimate of drug-likeness (QED) is 0.710. The molecule has 21 heavy (non-hydrogen) atoms. The summed E-state index contributed by atoms with van der Waals surface area (Å²) in [6, 6.07) is 8.86. The van der Waals surface area contributed by atoms with Crippen LogP contribution in [0, 0.1) is 0 Å². The van der Waals surface area contributed by atoms with Crippen molar-refractivity contribution >= 4 is 16.1 Å². The van der Waals surface area contributed by atoms with E-state index in [0.29, 0.717) is 0 Å². The molecule has 0 bridgehead atoms. The molecule has 0 fully saturated rings. The smallest absolute Gasteiger partial charge is 0.315 e. The molecule has 1 aromatic carbocycles. The molecule has 0 saturated carbocycles. The standard InChI is InChI=1S/C14H23N3O3S/c1-11(2)17-21(19,20)10-9-15-14(18)16-12(3)13-7-5-4-6-8-13/h4-8,11-12,17H,9-10H2,1-3H3,(H2,15,16,18)/t12-/m0/s1. The summed E-state index contributed by atoms with van der Waals surface area (Å²) in [5, 5.41) is 5.30. The molecule has 0 heterocycles. The van der Waals surface area contributed by atoms with Crippen molar-refractivity contribution in [3.8, 4) is 0 Å². The van der Waals surface area contributed by atoms with Crippen molar-refractivity contribution in [3.05, 3.63) is 35.9 Å². The summed E-state index contributed by atoms with van der Waals surface area (Å²) in [6.07, 6.45) is 0. The summed E-state index contributed by atoms with van der Waals surface area (Å²) in [4.78, 5) is 11.7. The van der Waals surface area contributed by atoms with Crippen LogP contribution in [0.2, 0.25) is 0 Å². The maximum Gasteiger partial charge on any atom is 0.315 e. The second-order valence-corrected chi connectivity index (χ2v) is 7.00. The predicted octanol–water partition coefficient (Wildman–Crippen LogP) is 1.37. The van der Waals surface area contributed by atoms with Crippen LogP contribution < -0.4 is 15.4 Å². The molecule has 0 aliphatic carbocycles. The van der Waals surface area contributed by atoms with Crippen molar-refractivity contribution in [2.45, 2.75) is 32.9 Å². The summed E-state index contributed by atoms with van der Waals surface area (Å²) >= 11 is 0. The molecule has 3 N–H and O–H groups in total. The van der Waals surface area contributed by atoms with Crippen molar-refractivity contribution in [1.82, 2.24) is 15.4 Å². The number of hydrogen-bond donors (Lipinski definition) is 3. The topological polar surface area (TPSA) is 87.3 Å². The van der Waals surface area contributed by atoms with Crippen LogP contribution in [0.3, 0.4) is 0 Å². The van der Waals surface area contributed by atoms with Gasteiger partial charge in [0, 0.05) is 12.6 Å². The Kier molecular flexibility index (Phi) is 6.64. The van der Waals surface area contributed by atoms with E-state index in [2.05, 4.69) is 15.4 Å². The third kappa shape index (κ3) is 7.10. The first-order chi connectivity index (χ1) is 9.80. The lowest BCUT2D eigenvalue weighted by Crippen LogP contribution is -2.41. The molecule has 2 amide bonds. The first-order valence-electron chi connectivity index (χ1n) is 6.89. The Hall–Kier alpha value is -1.60. The number of benzene rings is 1. The molecule has 6 nitrogen and oxygen atoms in total. The van der Waals surface area contributed by atoms with Crippen molar-refractivity contribution in [1.29, 1.82) is 0 Å². The number of nitrogens with one attached hydrogen (secondary N) is 3. The van der Waals surface area contributed by atoms with Gasteiger partial charge in [-0.25, -0.2) is 17.9 Å². The van der Waals surface area contributed by atoms with Crippen LogP contribution in [0.5, 0.6) is 0 Å². The second kappa shape index (κ2) is 7.99. The number of hydrogen-bond acceptors (Lipinski definition) is 3. The van der Waals surface area contributed by atoms with E-state index in [1.54, 1.807) is 13.8 Å². The van der Waals surface area contributed by atoms with Crippen LogP contribution in [-0.2, 0) is 10.0 Å². The first-order valence-corrected chi connectivity index (χ1v) is 8.54. The van der Waals surface area contributed by atoms with Crippen molar-refractivity contribution < 1.29 is 13.2 Å². The van der Waals surface area contributed by atoms with Gasteiger partial charge in [-0.3, -0.25) is 0 Å². The van der Waals surface area contributed by atoms with Crippen LogP contribution in [0.15, 0.2) is 30.3 Å². The lowest BCUT2D eigenvalue weighted by atomic mass is 10.1. The van der Waals surface area contributed by atoms with Crippen LogP contribution in [0.25, 0.3) is 0 Å². The SMILES string of the molecule is CC(C)NS(=O)(=O)CCNC(=O)N[C@@H](C)c1ccccc1. The molecule has 0 aliphatic rings. The van der Waals surface area contributed by atoms with E-state index in [4.69, 9.17) is 0 Å². The molecule has 0 spiro atoms. The van der Waals surface area contributed by atoms with Crippen LogP contribution >= 0.6 is 0 Å². The number of carbonyl (C=O) groups excluding carboxylic acids is 1. The van der Waals surface area contributed by atoms with Gasteiger partial charge in [0.2, 0.25) is 10.0 Å². The minimum absolute atomic E-state index is 0.0649. The fourth-order valence-corrected chi connectivity index (χ4v) is 3.00. The zero-order valence-electron chi connectivity index (χ0n) is 12.6. The van der Waals surface area contributed by atoms with Crippen molar-refractivity contribution in [2.24, 2.45) is 0 Å². The van der Waals surface area contributed by atoms with Crippen LogP contribution in [-0.4, -0.2) is 32.8 Å². The van der Waals surface area contributed by atoms with E-state index in [9.17, 15) is 13.2 Å². The van der Waals surface area contributed by atoms with E-state index < -0.39 is 10.0 Å². The molecule has 0 saturated heterocycles. The molecule has 1 rings (SSSR count). The summed E-state index contributed by atoms with van der Waals surface area (Å²) in [5.74, 6) is -0.141. The third-order valence-electron chi connectivity index (χ3n) is 2.72. The van der Waals surface area contributed by atoms with Gasteiger partial charge in [0.1, 0.15) is 0 Å². The van der Waals surface area contributed by atoms with Crippen LogP contribution in [0.4, 0.5) is 4.79 Å². The zero-order chi connectivity index (χ0) is 15.9. The Balaban J connectivity index is 2.35. The van der Waals surface area contributed by atoms with Gasteiger partial charge >= 0.3 is 6.03 Å². The summed E-state index contributed by atoms with van der Waals surface area (Å²) < 4.78 is 25.6. The predicted molar refractivity (Wildman–Crippen MR) is 83.4 cm³/mol. The van der Waals surface area contributed by atoms with Crippen molar-refractivity contribution in [3.63, 3.8) is 0 Å². The maximum absolute atomic E-state index is 11.7. The van der Waals surface area contributed by atoms with Gasteiger partial charge in [0.25, 0.3) is 0 Å². The number of carbonyl (C=O) groups is 1. The monoisotopic (exact) mass is 313 g/mol. The Morgan fingerprint density at radius 1 is 1.14 bits per heavy atom. The molecule has 0 unspecified atom stereocenters. The number of amides is 2. The minimum atomic E-state index is -3.35. The van der Waals surface area contributed by atoms with Gasteiger partial charge in [-0.15, -0.1) is 0 Å². The molecule has 0 radical (unpaired) electrons. The Morgan fingerprint density at radius 3 is 2.33 bits per heavy atom. The van der Waals surface area contributed by atoms with E-state index >= 15 is 0 Å². The molecular weight excluding hydrogens is 290 g/mol. The second-order valence-electron chi connectivity index (χ2n) is 5.12. The summed E-state index contributed by atoms with van der Waals surface area (Å²) in [5.41, 5.74) is 0.988. The fourth-order valence-electron chi connectivity index (χ4n) is 1.79. The molecule has 118 valence electrons. The van der Waals surface area contributed by atoms with Gasteiger partial charge in [-0.2, -0.15) is 0 Å². The highest BCUT2D eigenvalue weighted by Gasteiger charge is 2.13. The highest BCUT2D eigenvalue weighted by molar-refractivity contribution is 7.89. The fraction of sp³-hybridized carbons (Fsp3) is 0.500. The largest absolute Gasteiger partial charge is 0.337 e. The van der Waals surface area contributed by atoms with Gasteiger partial charge in [0.05, 0.1) is 11.8 Å². The number of rotatable bonds is 7. The molecular formula is C14H23N3O3S. The van der Waals surface area contributed by atoms with Gasteiger partial charge < -0.3 is 10.6 Å². The molecule has 0 aliphatic heterocycles. The summed E-state index contributed by atoms with van der Waals surface area (Å²) in [6.45, 7) is 5.43. The maximum atomic E-state index is 11.7. The van der Waals surface area contributed by atoms with E-state index in [1.807, 2.05) is 37.3 Å². The zero-order valence-corrected chi connectivity index (χ0v) is 13.4. The van der Waals surface area contributed by atoms with E-state index in [-0.39, 0.29) is 30.4 Å². The molecule has 0 aromatic heterocycles. The first kappa shape index (κ1) is 17.5. The molecule has 7 heteroatoms. The molecule has 1 atom stereocenters. The summed E-state index contributed by atoms with van der Waals surface area (Å²) in [7, 11) is -3.35. The Morgan fingerprint density at radius 2 is 1.76 bits per heavy atom. The number of sulfonamides is 1. The van der Waals surface area contributed by atoms with Crippen LogP contribution in [0.1, 0.15) is 32.4 Å².